The van der Waals surface area contributed by atoms with Crippen LogP contribution >= 0.6 is 23.4 Å². The van der Waals surface area contributed by atoms with Gasteiger partial charge in [-0.05, 0) is 25.2 Å². The van der Waals surface area contributed by atoms with Crippen LogP contribution in [-0.2, 0) is 6.54 Å². The third-order valence-corrected chi connectivity index (χ3v) is 3.69. The fourth-order valence-corrected chi connectivity index (χ4v) is 2.53. The fourth-order valence-electron chi connectivity index (χ4n) is 1.52. The topological polar surface area (TPSA) is 54.3 Å². The summed E-state index contributed by atoms with van der Waals surface area (Å²) in [4.78, 5) is 11.9. The highest BCUT2D eigenvalue weighted by atomic mass is 35.5. The molecule has 0 aliphatic carbocycles. The highest BCUT2D eigenvalue weighted by molar-refractivity contribution is 7.99. The Kier molecular flexibility index (Phi) is 7.23. The van der Waals surface area contributed by atoms with Gasteiger partial charge in [0, 0.05) is 31.6 Å². The molecule has 102 valence electrons. The first-order chi connectivity index (χ1) is 8.69. The van der Waals surface area contributed by atoms with Crippen LogP contribution in [0.5, 0.6) is 0 Å². The summed E-state index contributed by atoms with van der Waals surface area (Å²) in [7, 11) is 0. The van der Waals surface area contributed by atoms with Crippen molar-refractivity contribution in [2.75, 3.05) is 24.7 Å². The summed E-state index contributed by atoms with van der Waals surface area (Å²) >= 11 is 7.60. The molecule has 1 heterocycles. The lowest BCUT2D eigenvalue weighted by atomic mass is 10.4. The van der Waals surface area contributed by atoms with E-state index in [4.69, 9.17) is 16.7 Å². The van der Waals surface area contributed by atoms with Crippen LogP contribution in [0.1, 0.15) is 23.8 Å². The molecule has 1 aromatic rings. The monoisotopic (exact) mass is 290 g/mol. The maximum absolute atomic E-state index is 11.9. The Morgan fingerprint density at radius 1 is 1.56 bits per heavy atom. The van der Waals surface area contributed by atoms with Gasteiger partial charge in [-0.3, -0.25) is 4.79 Å². The number of amides is 1. The van der Waals surface area contributed by atoms with Gasteiger partial charge in [0.15, 0.2) is 0 Å². The molecule has 0 aliphatic heterocycles. The third kappa shape index (κ3) is 4.92. The van der Waals surface area contributed by atoms with E-state index < -0.39 is 0 Å². The zero-order chi connectivity index (χ0) is 13.4. The van der Waals surface area contributed by atoms with E-state index in [-0.39, 0.29) is 12.5 Å². The predicted molar refractivity (Wildman–Crippen MR) is 76.5 cm³/mol. The third-order valence-electron chi connectivity index (χ3n) is 2.42. The largest absolute Gasteiger partial charge is 0.396 e. The molecule has 0 fully saturated rings. The zero-order valence-electron chi connectivity index (χ0n) is 10.5. The van der Waals surface area contributed by atoms with Crippen molar-refractivity contribution >= 4 is 29.3 Å². The van der Waals surface area contributed by atoms with E-state index in [0.717, 1.165) is 24.5 Å². The standard InChI is InChI=1S/C12H19ClN2O2S/c1-2-15-9-10(13)8-11(15)12(17)14-4-7-18-6-3-5-16/h8-9,16H,2-7H2,1H3,(H,14,17). The van der Waals surface area contributed by atoms with E-state index >= 15 is 0 Å². The Balaban J connectivity index is 2.32. The zero-order valence-corrected chi connectivity index (χ0v) is 12.1. The molecular formula is C12H19ClN2O2S. The molecule has 6 heteroatoms. The van der Waals surface area contributed by atoms with Crippen molar-refractivity contribution in [3.8, 4) is 0 Å². The van der Waals surface area contributed by atoms with Gasteiger partial charge >= 0.3 is 0 Å². The molecule has 0 unspecified atom stereocenters. The molecule has 0 saturated carbocycles. The first-order valence-corrected chi connectivity index (χ1v) is 7.54. The molecule has 1 aromatic heterocycles. The number of aryl methyl sites for hydroxylation is 1. The van der Waals surface area contributed by atoms with Crippen molar-refractivity contribution in [1.29, 1.82) is 0 Å². The number of nitrogens with one attached hydrogen (secondary N) is 1. The molecule has 0 aliphatic rings. The van der Waals surface area contributed by atoms with Gasteiger partial charge in [-0.15, -0.1) is 0 Å². The van der Waals surface area contributed by atoms with Crippen molar-refractivity contribution in [1.82, 2.24) is 9.88 Å². The average Bonchev–Trinajstić information content (AvgIpc) is 2.74. The van der Waals surface area contributed by atoms with Crippen molar-refractivity contribution in [3.63, 3.8) is 0 Å². The van der Waals surface area contributed by atoms with E-state index in [1.54, 1.807) is 24.0 Å². The maximum Gasteiger partial charge on any atom is 0.267 e. The number of hydrogen-bond acceptors (Lipinski definition) is 3. The lowest BCUT2D eigenvalue weighted by molar-refractivity contribution is 0.0947. The van der Waals surface area contributed by atoms with Crippen LogP contribution in [0.2, 0.25) is 5.02 Å². The average molecular weight is 291 g/mol. The molecule has 1 amide bonds. The first-order valence-electron chi connectivity index (χ1n) is 6.01. The second-order valence-electron chi connectivity index (χ2n) is 3.78. The van der Waals surface area contributed by atoms with Crippen LogP contribution in [0.3, 0.4) is 0 Å². The SMILES string of the molecule is CCn1cc(Cl)cc1C(=O)NCCSCCCO. The molecular weight excluding hydrogens is 272 g/mol. The number of aromatic nitrogens is 1. The molecule has 4 nitrogen and oxygen atoms in total. The minimum atomic E-state index is -0.0912. The maximum atomic E-state index is 11.9. The normalized spacial score (nSPS) is 10.6. The summed E-state index contributed by atoms with van der Waals surface area (Å²) in [6.07, 6.45) is 2.55. The van der Waals surface area contributed by atoms with Crippen LogP contribution in [-0.4, -0.2) is 40.2 Å². The molecule has 0 radical (unpaired) electrons. The molecule has 0 saturated heterocycles. The van der Waals surface area contributed by atoms with Gasteiger partial charge in [-0.1, -0.05) is 11.6 Å². The van der Waals surface area contributed by atoms with Gasteiger partial charge in [0.05, 0.1) is 5.02 Å². The summed E-state index contributed by atoms with van der Waals surface area (Å²) in [5.74, 6) is 1.68. The highest BCUT2D eigenvalue weighted by Crippen LogP contribution is 2.14. The number of halogens is 1. The van der Waals surface area contributed by atoms with Gasteiger partial charge in [0.1, 0.15) is 5.69 Å². The molecule has 2 N–H and O–H groups in total. The number of hydrogen-bond donors (Lipinski definition) is 2. The van der Waals surface area contributed by atoms with Crippen molar-refractivity contribution in [3.05, 3.63) is 23.0 Å². The lowest BCUT2D eigenvalue weighted by Gasteiger charge is -2.07. The summed E-state index contributed by atoms with van der Waals surface area (Å²) in [5.41, 5.74) is 0.600. The first kappa shape index (κ1) is 15.4. The molecule has 0 bridgehead atoms. The second kappa shape index (κ2) is 8.45. The molecule has 1 rings (SSSR count). The number of aliphatic hydroxyl groups is 1. The smallest absolute Gasteiger partial charge is 0.267 e. The van der Waals surface area contributed by atoms with Crippen LogP contribution in [0.15, 0.2) is 12.3 Å². The Labute approximate surface area is 117 Å². The minimum Gasteiger partial charge on any atom is -0.396 e. The highest BCUT2D eigenvalue weighted by Gasteiger charge is 2.11. The number of carbonyl (C=O) groups is 1. The number of thioether (sulfide) groups is 1. The van der Waals surface area contributed by atoms with E-state index in [1.807, 2.05) is 11.5 Å². The van der Waals surface area contributed by atoms with Crippen LogP contribution in [0, 0.1) is 0 Å². The Morgan fingerprint density at radius 3 is 3.00 bits per heavy atom. The van der Waals surface area contributed by atoms with Gasteiger partial charge in [-0.2, -0.15) is 11.8 Å². The Bertz CT molecular complexity index is 382. The van der Waals surface area contributed by atoms with Crippen molar-refractivity contribution in [2.24, 2.45) is 0 Å². The molecule has 18 heavy (non-hydrogen) atoms. The van der Waals surface area contributed by atoms with Crippen molar-refractivity contribution in [2.45, 2.75) is 19.9 Å². The Morgan fingerprint density at radius 2 is 2.33 bits per heavy atom. The van der Waals surface area contributed by atoms with Crippen LogP contribution in [0.25, 0.3) is 0 Å². The quantitative estimate of drug-likeness (QED) is 0.720. The minimum absolute atomic E-state index is 0.0912. The van der Waals surface area contributed by atoms with E-state index in [1.165, 1.54) is 0 Å². The molecule has 0 atom stereocenters. The summed E-state index contributed by atoms with van der Waals surface area (Å²) in [6, 6.07) is 1.68. The van der Waals surface area contributed by atoms with E-state index in [2.05, 4.69) is 5.32 Å². The summed E-state index contributed by atoms with van der Waals surface area (Å²) in [6.45, 7) is 3.54. The Hall–Kier alpha value is -0.650. The molecule has 0 spiro atoms. The fraction of sp³-hybridized carbons (Fsp3) is 0.583. The van der Waals surface area contributed by atoms with E-state index in [9.17, 15) is 4.79 Å². The molecule has 0 aromatic carbocycles. The summed E-state index contributed by atoms with van der Waals surface area (Å²) < 4.78 is 1.83. The van der Waals surface area contributed by atoms with Crippen LogP contribution in [0.4, 0.5) is 0 Å². The predicted octanol–water partition coefficient (Wildman–Crippen LogP) is 2.01. The van der Waals surface area contributed by atoms with Crippen molar-refractivity contribution < 1.29 is 9.90 Å². The van der Waals surface area contributed by atoms with Gasteiger partial charge in [-0.25, -0.2) is 0 Å². The van der Waals surface area contributed by atoms with Gasteiger partial charge in [0.25, 0.3) is 5.91 Å². The number of carbonyl (C=O) groups excluding carboxylic acids is 1. The van der Waals surface area contributed by atoms with E-state index in [0.29, 0.717) is 17.3 Å². The number of aliphatic hydroxyl groups excluding tert-OH is 1. The number of rotatable bonds is 8. The van der Waals surface area contributed by atoms with Gasteiger partial charge < -0.3 is 15.0 Å². The lowest BCUT2D eigenvalue weighted by Crippen LogP contribution is -2.27. The second-order valence-corrected chi connectivity index (χ2v) is 5.44. The summed E-state index contributed by atoms with van der Waals surface area (Å²) in [5, 5.41) is 12.1. The number of nitrogens with zero attached hydrogens (tertiary/aromatic N) is 1. The van der Waals surface area contributed by atoms with Gasteiger partial charge in [0.2, 0.25) is 0 Å². The van der Waals surface area contributed by atoms with Crippen LogP contribution < -0.4 is 5.32 Å².